The first-order valence-corrected chi connectivity index (χ1v) is 10.5. The van der Waals surface area contributed by atoms with Crippen LogP contribution in [-0.2, 0) is 10.2 Å². The zero-order chi connectivity index (χ0) is 18.9. The Hall–Kier alpha value is -1.31. The highest BCUT2D eigenvalue weighted by atomic mass is 127. The van der Waals surface area contributed by atoms with Gasteiger partial charge in [0.15, 0.2) is 5.96 Å². The van der Waals surface area contributed by atoms with Crippen molar-refractivity contribution in [2.75, 3.05) is 38.1 Å². The number of carbonyl (C=O) groups excluding carboxylic acids is 1. The Balaban J connectivity index is 0.00000225. The second-order valence-corrected chi connectivity index (χ2v) is 8.47. The van der Waals surface area contributed by atoms with E-state index in [1.165, 1.54) is 36.9 Å². The lowest BCUT2D eigenvalue weighted by molar-refractivity contribution is -0.130. The summed E-state index contributed by atoms with van der Waals surface area (Å²) in [6, 6.07) is 8.90. The Kier molecular flexibility index (Phi) is 6.89. The predicted molar refractivity (Wildman–Crippen MR) is 126 cm³/mol. The summed E-state index contributed by atoms with van der Waals surface area (Å²) in [4.78, 5) is 20.5. The van der Waals surface area contributed by atoms with Crippen molar-refractivity contribution in [1.29, 1.82) is 0 Å². The first-order valence-electron chi connectivity index (χ1n) is 10.5. The molecule has 2 heterocycles. The minimum Gasteiger partial charge on any atom is -0.356 e. The van der Waals surface area contributed by atoms with Crippen molar-refractivity contribution >= 4 is 41.5 Å². The molecule has 2 fully saturated rings. The smallest absolute Gasteiger partial charge is 0.219 e. The predicted octanol–water partition coefficient (Wildman–Crippen LogP) is 3.77. The largest absolute Gasteiger partial charge is 0.356 e. The third kappa shape index (κ3) is 4.02. The van der Waals surface area contributed by atoms with Gasteiger partial charge in [0.05, 0.1) is 0 Å². The molecule has 2 aliphatic heterocycles. The summed E-state index contributed by atoms with van der Waals surface area (Å²) in [6.07, 6.45) is 7.40. The molecule has 154 valence electrons. The number of nitrogens with one attached hydrogen (secondary N) is 1. The number of hydrogen-bond donors (Lipinski definition) is 1. The van der Waals surface area contributed by atoms with E-state index in [4.69, 9.17) is 0 Å². The van der Waals surface area contributed by atoms with Gasteiger partial charge in [-0.05, 0) is 43.2 Å². The number of amides is 1. The molecular formula is C22H33IN4O. The molecule has 3 aliphatic rings. The lowest BCUT2D eigenvalue weighted by Crippen LogP contribution is -2.46. The number of likely N-dealkylation sites (tertiary alicyclic amines) is 1. The van der Waals surface area contributed by atoms with Crippen molar-refractivity contribution in [3.05, 3.63) is 29.8 Å². The minimum atomic E-state index is 0. The molecule has 1 amide bonds. The maximum absolute atomic E-state index is 11.5. The zero-order valence-electron chi connectivity index (χ0n) is 17.1. The molecule has 1 saturated heterocycles. The number of rotatable bonds is 2. The zero-order valence-corrected chi connectivity index (χ0v) is 19.4. The Labute approximate surface area is 186 Å². The van der Waals surface area contributed by atoms with Gasteiger partial charge in [-0.2, -0.15) is 0 Å². The molecule has 0 radical (unpaired) electrons. The lowest BCUT2D eigenvalue weighted by atomic mass is 9.81. The van der Waals surface area contributed by atoms with Gasteiger partial charge in [-0.1, -0.05) is 31.0 Å². The van der Waals surface area contributed by atoms with Crippen LogP contribution in [0.15, 0.2) is 29.3 Å². The number of halogens is 1. The van der Waals surface area contributed by atoms with Crippen molar-refractivity contribution in [2.24, 2.45) is 10.9 Å². The van der Waals surface area contributed by atoms with Crippen LogP contribution < -0.4 is 10.2 Å². The SMILES string of the molecule is CN=C(NCC1CCN(C(C)=O)CC1)N1CC2(CCCC2)c2ccccc21.I. The molecule has 0 atom stereocenters. The molecule has 6 heteroatoms. The molecule has 1 spiro atoms. The fraction of sp³-hybridized carbons (Fsp3) is 0.636. The quantitative estimate of drug-likeness (QED) is 0.386. The second-order valence-electron chi connectivity index (χ2n) is 8.47. The topological polar surface area (TPSA) is 47.9 Å². The monoisotopic (exact) mass is 496 g/mol. The first kappa shape index (κ1) is 21.4. The van der Waals surface area contributed by atoms with Crippen LogP contribution in [0, 0.1) is 5.92 Å². The highest BCUT2D eigenvalue weighted by molar-refractivity contribution is 14.0. The molecule has 1 saturated carbocycles. The summed E-state index contributed by atoms with van der Waals surface area (Å²) in [7, 11) is 1.89. The number of carbonyl (C=O) groups is 1. The maximum Gasteiger partial charge on any atom is 0.219 e. The number of para-hydroxylation sites is 1. The maximum atomic E-state index is 11.5. The standard InChI is InChI=1S/C22H32N4O.HI/c1-17(27)25-13-9-18(10-14-25)15-24-21(23-2)26-16-22(11-5-6-12-22)19-7-3-4-8-20(19)26;/h3-4,7-8,18H,5-6,9-16H2,1-2H3,(H,23,24);1H. The van der Waals surface area contributed by atoms with E-state index in [1.807, 2.05) is 11.9 Å². The van der Waals surface area contributed by atoms with Crippen molar-refractivity contribution < 1.29 is 4.79 Å². The fourth-order valence-electron chi connectivity index (χ4n) is 5.28. The summed E-state index contributed by atoms with van der Waals surface area (Å²) in [5.74, 6) is 1.81. The van der Waals surface area contributed by atoms with Crippen LogP contribution in [0.4, 0.5) is 5.69 Å². The number of nitrogens with zero attached hydrogens (tertiary/aromatic N) is 3. The Morgan fingerprint density at radius 2 is 1.89 bits per heavy atom. The third-order valence-corrected chi connectivity index (χ3v) is 6.86. The van der Waals surface area contributed by atoms with Crippen LogP contribution in [0.2, 0.25) is 0 Å². The summed E-state index contributed by atoms with van der Waals surface area (Å²) in [5, 5.41) is 3.64. The van der Waals surface area contributed by atoms with Crippen molar-refractivity contribution in [1.82, 2.24) is 10.2 Å². The summed E-state index contributed by atoms with van der Waals surface area (Å²) < 4.78 is 0. The molecule has 0 bridgehead atoms. The average molecular weight is 496 g/mol. The molecule has 5 nitrogen and oxygen atoms in total. The van der Waals surface area contributed by atoms with Gasteiger partial charge in [-0.15, -0.1) is 24.0 Å². The average Bonchev–Trinajstić information content (AvgIpc) is 3.29. The van der Waals surface area contributed by atoms with Crippen LogP contribution >= 0.6 is 24.0 Å². The Bertz CT molecular complexity index is 721. The van der Waals surface area contributed by atoms with Crippen molar-refractivity contribution in [2.45, 2.75) is 50.9 Å². The molecular weight excluding hydrogens is 463 g/mol. The summed E-state index contributed by atoms with van der Waals surface area (Å²) >= 11 is 0. The van der Waals surface area contributed by atoms with Crippen molar-refractivity contribution in [3.8, 4) is 0 Å². The van der Waals surface area contributed by atoms with Crippen LogP contribution in [0.25, 0.3) is 0 Å². The summed E-state index contributed by atoms with van der Waals surface area (Å²) in [5.41, 5.74) is 3.17. The normalized spacial score (nSPS) is 21.6. The highest BCUT2D eigenvalue weighted by Crippen LogP contribution is 2.50. The van der Waals surface area contributed by atoms with E-state index >= 15 is 0 Å². The molecule has 4 rings (SSSR count). The van der Waals surface area contributed by atoms with Crippen LogP contribution in [-0.4, -0.2) is 50.0 Å². The Morgan fingerprint density at radius 3 is 2.54 bits per heavy atom. The highest BCUT2D eigenvalue weighted by Gasteiger charge is 2.45. The van der Waals surface area contributed by atoms with E-state index < -0.39 is 0 Å². The minimum absolute atomic E-state index is 0. The molecule has 1 N–H and O–H groups in total. The third-order valence-electron chi connectivity index (χ3n) is 6.86. The Morgan fingerprint density at radius 1 is 1.21 bits per heavy atom. The van der Waals surface area contributed by atoms with E-state index in [0.29, 0.717) is 11.3 Å². The van der Waals surface area contributed by atoms with Gasteiger partial charge in [0, 0.05) is 51.3 Å². The van der Waals surface area contributed by atoms with E-state index in [2.05, 4.69) is 39.5 Å². The van der Waals surface area contributed by atoms with Gasteiger partial charge in [0.25, 0.3) is 0 Å². The van der Waals surface area contributed by atoms with Crippen LogP contribution in [0.1, 0.15) is 51.0 Å². The number of anilines is 1. The van der Waals surface area contributed by atoms with Gasteiger partial charge < -0.3 is 15.1 Å². The lowest BCUT2D eigenvalue weighted by Gasteiger charge is -2.32. The van der Waals surface area contributed by atoms with E-state index in [9.17, 15) is 4.79 Å². The van der Waals surface area contributed by atoms with Gasteiger partial charge in [0.1, 0.15) is 0 Å². The molecule has 1 aromatic carbocycles. The van der Waals surface area contributed by atoms with Gasteiger partial charge in [-0.3, -0.25) is 9.79 Å². The van der Waals surface area contributed by atoms with E-state index in [-0.39, 0.29) is 29.9 Å². The number of aliphatic imine (C=N–C) groups is 1. The first-order chi connectivity index (χ1) is 13.1. The fourth-order valence-corrected chi connectivity index (χ4v) is 5.28. The molecule has 28 heavy (non-hydrogen) atoms. The van der Waals surface area contributed by atoms with Crippen LogP contribution in [0.5, 0.6) is 0 Å². The van der Waals surface area contributed by atoms with Crippen molar-refractivity contribution in [3.63, 3.8) is 0 Å². The number of benzene rings is 1. The molecule has 0 unspecified atom stereocenters. The number of hydrogen-bond acceptors (Lipinski definition) is 2. The number of piperidine rings is 1. The van der Waals surface area contributed by atoms with Gasteiger partial charge in [-0.25, -0.2) is 0 Å². The number of fused-ring (bicyclic) bond motifs is 2. The molecule has 1 aromatic rings. The molecule has 1 aliphatic carbocycles. The van der Waals surface area contributed by atoms with Crippen LogP contribution in [0.3, 0.4) is 0 Å². The molecule has 0 aromatic heterocycles. The van der Waals surface area contributed by atoms with Gasteiger partial charge >= 0.3 is 0 Å². The second kappa shape index (κ2) is 9.01. The van der Waals surface area contributed by atoms with E-state index in [0.717, 1.165) is 45.0 Å². The summed E-state index contributed by atoms with van der Waals surface area (Å²) in [6.45, 7) is 5.43. The van der Waals surface area contributed by atoms with E-state index in [1.54, 1.807) is 6.92 Å². The number of guanidine groups is 1. The van der Waals surface area contributed by atoms with Gasteiger partial charge in [0.2, 0.25) is 5.91 Å².